The summed E-state index contributed by atoms with van der Waals surface area (Å²) in [5.74, 6) is 0. The zero-order valence-corrected chi connectivity index (χ0v) is 9.79. The lowest BCUT2D eigenvalue weighted by atomic mass is 10.3. The quantitative estimate of drug-likeness (QED) is 0.553. The lowest BCUT2D eigenvalue weighted by Gasteiger charge is -2.22. The summed E-state index contributed by atoms with van der Waals surface area (Å²) in [4.78, 5) is 4.64. The normalized spacial score (nSPS) is 10.9. The van der Waals surface area contributed by atoms with Crippen LogP contribution in [0.4, 0.5) is 0 Å². The Balaban J connectivity index is 3.61. The van der Waals surface area contributed by atoms with Crippen molar-refractivity contribution in [2.75, 3.05) is 40.3 Å². The van der Waals surface area contributed by atoms with Crippen LogP contribution in [0.15, 0.2) is 0 Å². The Labute approximate surface area is 88.3 Å². The minimum absolute atomic E-state index is 0.683. The van der Waals surface area contributed by atoms with E-state index in [1.165, 1.54) is 6.42 Å². The Morgan fingerprint density at radius 1 is 1.07 bits per heavy atom. The minimum Gasteiger partial charge on any atom is -0.308 e. The van der Waals surface area contributed by atoms with E-state index >= 15 is 0 Å². The second-order valence-electron chi connectivity index (χ2n) is 3.91. The van der Waals surface area contributed by atoms with Gasteiger partial charge in [-0.15, -0.1) is 0 Å². The van der Waals surface area contributed by atoms with E-state index < -0.39 is 0 Å². The molecule has 3 nitrogen and oxygen atoms in total. The van der Waals surface area contributed by atoms with Gasteiger partial charge in [-0.1, -0.05) is 6.92 Å². The van der Waals surface area contributed by atoms with Crippen molar-refractivity contribution in [3.8, 4) is 6.07 Å². The number of nitrogens with zero attached hydrogens (tertiary/aromatic N) is 3. The third kappa shape index (κ3) is 8.03. The first kappa shape index (κ1) is 13.4. The van der Waals surface area contributed by atoms with E-state index in [1.807, 2.05) is 0 Å². The molecule has 0 spiro atoms. The molecule has 0 aromatic rings. The molecular formula is C11H23N3. The van der Waals surface area contributed by atoms with Gasteiger partial charge < -0.3 is 9.80 Å². The number of nitriles is 1. The van der Waals surface area contributed by atoms with Crippen molar-refractivity contribution in [3.63, 3.8) is 0 Å². The SMILES string of the molecule is CCCN(CCCC#N)CCN(C)C. The maximum absolute atomic E-state index is 8.45. The first-order valence-corrected chi connectivity index (χ1v) is 5.44. The van der Waals surface area contributed by atoms with Crippen LogP contribution in [0.2, 0.25) is 0 Å². The molecule has 0 saturated carbocycles. The van der Waals surface area contributed by atoms with Crippen LogP contribution < -0.4 is 0 Å². The van der Waals surface area contributed by atoms with Gasteiger partial charge in [0, 0.05) is 19.5 Å². The molecule has 0 radical (unpaired) electrons. The number of likely N-dealkylation sites (N-methyl/N-ethyl adjacent to an activating group) is 1. The molecule has 3 heteroatoms. The number of hydrogen-bond acceptors (Lipinski definition) is 3. The van der Waals surface area contributed by atoms with Gasteiger partial charge in [-0.05, 0) is 40.0 Å². The fourth-order valence-corrected chi connectivity index (χ4v) is 1.37. The molecule has 82 valence electrons. The molecule has 0 amide bonds. The van der Waals surface area contributed by atoms with Crippen molar-refractivity contribution < 1.29 is 0 Å². The lowest BCUT2D eigenvalue weighted by Crippen LogP contribution is -2.33. The number of unbranched alkanes of at least 4 members (excludes halogenated alkanes) is 1. The third-order valence-corrected chi connectivity index (χ3v) is 2.17. The van der Waals surface area contributed by atoms with E-state index in [-0.39, 0.29) is 0 Å². The van der Waals surface area contributed by atoms with Gasteiger partial charge in [0.25, 0.3) is 0 Å². The molecule has 0 N–H and O–H groups in total. The molecule has 0 aliphatic carbocycles. The fourth-order valence-electron chi connectivity index (χ4n) is 1.37. The summed E-state index contributed by atoms with van der Waals surface area (Å²) in [6.45, 7) is 6.64. The summed E-state index contributed by atoms with van der Waals surface area (Å²) in [6.07, 6.45) is 2.88. The molecule has 0 aliphatic heterocycles. The molecule has 14 heavy (non-hydrogen) atoms. The van der Waals surface area contributed by atoms with Crippen LogP contribution in [-0.4, -0.2) is 50.1 Å². The van der Waals surface area contributed by atoms with Crippen LogP contribution in [-0.2, 0) is 0 Å². The van der Waals surface area contributed by atoms with E-state index in [4.69, 9.17) is 5.26 Å². The second-order valence-corrected chi connectivity index (χ2v) is 3.91. The Bertz CT molecular complexity index is 160. The molecule has 0 atom stereocenters. The van der Waals surface area contributed by atoms with Gasteiger partial charge in [-0.2, -0.15) is 5.26 Å². The minimum atomic E-state index is 0.683. The van der Waals surface area contributed by atoms with Gasteiger partial charge in [0.05, 0.1) is 6.07 Å². The summed E-state index contributed by atoms with van der Waals surface area (Å²) in [5.41, 5.74) is 0. The third-order valence-electron chi connectivity index (χ3n) is 2.17. The Kier molecular flexibility index (Phi) is 8.61. The van der Waals surface area contributed by atoms with Crippen LogP contribution in [0.3, 0.4) is 0 Å². The molecule has 0 aromatic heterocycles. The first-order chi connectivity index (χ1) is 6.70. The van der Waals surface area contributed by atoms with Gasteiger partial charge in [0.2, 0.25) is 0 Å². The summed E-state index contributed by atoms with van der Waals surface area (Å²) in [5, 5.41) is 8.45. The fraction of sp³-hybridized carbons (Fsp3) is 0.909. The smallest absolute Gasteiger partial charge is 0.0622 e. The summed E-state index contributed by atoms with van der Waals surface area (Å²) < 4.78 is 0. The van der Waals surface area contributed by atoms with Gasteiger partial charge >= 0.3 is 0 Å². The number of rotatable bonds is 8. The van der Waals surface area contributed by atoms with Gasteiger partial charge in [-0.3, -0.25) is 0 Å². The Morgan fingerprint density at radius 2 is 1.79 bits per heavy atom. The second kappa shape index (κ2) is 8.98. The van der Waals surface area contributed by atoms with Crippen molar-refractivity contribution >= 4 is 0 Å². The highest BCUT2D eigenvalue weighted by Crippen LogP contribution is 1.96. The van der Waals surface area contributed by atoms with Crippen molar-refractivity contribution in [2.24, 2.45) is 0 Å². The van der Waals surface area contributed by atoms with Crippen LogP contribution in [0.5, 0.6) is 0 Å². The van der Waals surface area contributed by atoms with Crippen molar-refractivity contribution in [2.45, 2.75) is 26.2 Å². The summed E-state index contributed by atoms with van der Waals surface area (Å²) >= 11 is 0. The largest absolute Gasteiger partial charge is 0.308 e. The maximum atomic E-state index is 8.45. The lowest BCUT2D eigenvalue weighted by molar-refractivity contribution is 0.239. The highest BCUT2D eigenvalue weighted by Gasteiger charge is 2.03. The number of hydrogen-bond donors (Lipinski definition) is 0. The van der Waals surface area contributed by atoms with Gasteiger partial charge in [0.1, 0.15) is 0 Å². The molecule has 0 bridgehead atoms. The van der Waals surface area contributed by atoms with E-state index in [9.17, 15) is 0 Å². The highest BCUT2D eigenvalue weighted by molar-refractivity contribution is 4.70. The first-order valence-electron chi connectivity index (χ1n) is 5.44. The molecule has 0 heterocycles. The summed E-state index contributed by atoms with van der Waals surface area (Å²) in [6, 6.07) is 2.19. The molecule has 0 unspecified atom stereocenters. The van der Waals surface area contributed by atoms with Gasteiger partial charge in [0.15, 0.2) is 0 Å². The molecule has 0 saturated heterocycles. The standard InChI is InChI=1S/C11H23N3/c1-4-8-14(9-6-5-7-12)11-10-13(2)3/h4-6,8-11H2,1-3H3. The average Bonchev–Trinajstić information content (AvgIpc) is 2.14. The molecule has 0 aromatic carbocycles. The molecule has 0 rings (SSSR count). The van der Waals surface area contributed by atoms with E-state index in [0.29, 0.717) is 6.42 Å². The maximum Gasteiger partial charge on any atom is 0.0622 e. The monoisotopic (exact) mass is 197 g/mol. The zero-order valence-electron chi connectivity index (χ0n) is 9.79. The molecule has 0 aliphatic rings. The van der Waals surface area contributed by atoms with E-state index in [0.717, 1.165) is 32.6 Å². The highest BCUT2D eigenvalue weighted by atomic mass is 15.2. The summed E-state index contributed by atoms with van der Waals surface area (Å²) in [7, 11) is 4.19. The predicted octanol–water partition coefficient (Wildman–Crippen LogP) is 1.56. The van der Waals surface area contributed by atoms with Crippen LogP contribution >= 0.6 is 0 Å². The van der Waals surface area contributed by atoms with Crippen molar-refractivity contribution in [1.29, 1.82) is 5.26 Å². The predicted molar refractivity (Wildman–Crippen MR) is 60.1 cm³/mol. The van der Waals surface area contributed by atoms with Crippen LogP contribution in [0.1, 0.15) is 26.2 Å². The van der Waals surface area contributed by atoms with E-state index in [1.54, 1.807) is 0 Å². The van der Waals surface area contributed by atoms with Crippen molar-refractivity contribution in [1.82, 2.24) is 9.80 Å². The topological polar surface area (TPSA) is 30.3 Å². The zero-order chi connectivity index (χ0) is 10.8. The molecular weight excluding hydrogens is 174 g/mol. The Hall–Kier alpha value is -0.590. The van der Waals surface area contributed by atoms with Crippen molar-refractivity contribution in [3.05, 3.63) is 0 Å². The van der Waals surface area contributed by atoms with E-state index in [2.05, 4.69) is 36.9 Å². The van der Waals surface area contributed by atoms with Crippen LogP contribution in [0.25, 0.3) is 0 Å². The van der Waals surface area contributed by atoms with Crippen LogP contribution in [0, 0.1) is 11.3 Å². The Morgan fingerprint density at radius 3 is 2.29 bits per heavy atom. The average molecular weight is 197 g/mol. The molecule has 0 fully saturated rings. The van der Waals surface area contributed by atoms with Gasteiger partial charge in [-0.25, -0.2) is 0 Å².